The van der Waals surface area contributed by atoms with Gasteiger partial charge in [-0.1, -0.05) is 72.8 Å². The van der Waals surface area contributed by atoms with Gasteiger partial charge in [-0.25, -0.2) is 0 Å². The molecule has 0 fully saturated rings. The molecule has 0 spiro atoms. The molecule has 0 N–H and O–H groups in total. The first-order valence-electron chi connectivity index (χ1n) is 27.5. The summed E-state index contributed by atoms with van der Waals surface area (Å²) in [5, 5.41) is -3.28. The summed E-state index contributed by atoms with van der Waals surface area (Å²) in [4.78, 5) is 0.513. The highest BCUT2D eigenvalue weighted by atomic mass is 19.5. The lowest BCUT2D eigenvalue weighted by Gasteiger charge is -2.42. The number of benzene rings is 5. The fourth-order valence-electron chi connectivity index (χ4n) is 9.68. The normalized spacial score (nSPS) is 15.8. The SMILES string of the molecule is FC(F)(F)C(F)(F)C(F)(F)C(F)(F)C(F)(F)C(F)(F)C(F)(F)C(F)(F)CCc1ccc(N(c2ccc(CCC(F)(F)C(F)(F)C(F)(F)C(F)(F)C(F)(F)C(F)(F)C(F)(F)C(F)(F)F)c3ccccc23)c2ccc(CCC(F)(F)C(F)(F)C(F)(F)C(F)(F)C(F)(F)C(F)(F)C(F)(F)C(F)(F)F)c3ccccc23)cc1. The van der Waals surface area contributed by atoms with E-state index in [0.717, 1.165) is 24.3 Å². The van der Waals surface area contributed by atoms with Crippen LogP contribution in [0.1, 0.15) is 36.0 Å². The zero-order chi connectivity index (χ0) is 84.9. The number of anilines is 3. The van der Waals surface area contributed by atoms with Crippen LogP contribution in [0, 0.1) is 0 Å². The van der Waals surface area contributed by atoms with E-state index < -0.39 is 237 Å². The number of hydrogen-bond donors (Lipinski definition) is 0. The molecule has 614 valence electrons. The molecular formula is C56H28F51N. The molecule has 0 heterocycles. The van der Waals surface area contributed by atoms with Gasteiger partial charge in [0, 0.05) is 35.7 Å². The van der Waals surface area contributed by atoms with Gasteiger partial charge in [-0.2, -0.15) is 224 Å². The molecule has 52 heteroatoms. The molecular weight excluding hydrogens is 1660 g/mol. The van der Waals surface area contributed by atoms with Crippen LogP contribution in [0.2, 0.25) is 0 Å². The second kappa shape index (κ2) is 26.5. The Balaban J connectivity index is 1.69. The van der Waals surface area contributed by atoms with Crippen LogP contribution in [0.15, 0.2) is 97.1 Å². The number of alkyl halides is 51. The first-order valence-corrected chi connectivity index (χ1v) is 27.5. The van der Waals surface area contributed by atoms with Gasteiger partial charge in [0.15, 0.2) is 0 Å². The van der Waals surface area contributed by atoms with Gasteiger partial charge in [0.2, 0.25) is 0 Å². The van der Waals surface area contributed by atoms with Crippen LogP contribution in [-0.4, -0.2) is 143 Å². The van der Waals surface area contributed by atoms with Gasteiger partial charge < -0.3 is 4.90 Å². The summed E-state index contributed by atoms with van der Waals surface area (Å²) in [5.74, 6) is -180. The Morgan fingerprint density at radius 1 is 0.185 bits per heavy atom. The van der Waals surface area contributed by atoms with E-state index >= 15 is 43.9 Å². The minimum Gasteiger partial charge on any atom is -0.309 e. The third-order valence-electron chi connectivity index (χ3n) is 16.2. The quantitative estimate of drug-likeness (QED) is 0.0414. The van der Waals surface area contributed by atoms with Crippen molar-refractivity contribution < 1.29 is 224 Å². The van der Waals surface area contributed by atoms with E-state index in [0.29, 0.717) is 65.6 Å². The Bertz CT molecular complexity index is 3850. The molecule has 0 bridgehead atoms. The van der Waals surface area contributed by atoms with E-state index in [2.05, 4.69) is 0 Å². The topological polar surface area (TPSA) is 3.24 Å². The van der Waals surface area contributed by atoms with Crippen molar-refractivity contribution in [3.05, 3.63) is 114 Å². The van der Waals surface area contributed by atoms with Crippen LogP contribution < -0.4 is 4.90 Å². The van der Waals surface area contributed by atoms with Crippen LogP contribution in [-0.2, 0) is 19.3 Å². The van der Waals surface area contributed by atoms with Gasteiger partial charge in [-0.05, 0) is 71.0 Å². The Kier molecular flexibility index (Phi) is 22.4. The molecule has 0 atom stereocenters. The van der Waals surface area contributed by atoms with Crippen LogP contribution in [0.25, 0.3) is 21.5 Å². The van der Waals surface area contributed by atoms with E-state index in [1.807, 2.05) is 0 Å². The highest BCUT2D eigenvalue weighted by molar-refractivity contribution is 6.06. The molecule has 0 saturated carbocycles. The van der Waals surface area contributed by atoms with Gasteiger partial charge in [0.25, 0.3) is 0 Å². The number of halogens is 51. The number of nitrogens with zero attached hydrogens (tertiary/aromatic N) is 1. The molecule has 0 radical (unpaired) electrons. The Labute approximate surface area is 562 Å². The molecule has 0 unspecified atom stereocenters. The van der Waals surface area contributed by atoms with Gasteiger partial charge in [0.05, 0.1) is 11.4 Å². The van der Waals surface area contributed by atoms with E-state index in [4.69, 9.17) is 0 Å². The Morgan fingerprint density at radius 3 is 0.602 bits per heavy atom. The standard InChI is InChI=1S/C56H28F51N/c57-33(58,36(63,64)39(69,70)42(75,76)45(81,82)48(87,88)51(93,94)54(99,100)101)20-17-23-9-13-26(14-10-23)108(31-15-11-24(27-5-1-3-7-29(27)31)18-21-34(59,60)37(65,66)40(71,72)43(77,78)46(83,84)49(89,90)52(95,96)55(102,103)104)32-16-12-25(28-6-2-4-8-30(28)32)19-22-35(61,62)38(67,68)41(73,74)44(79,80)47(85,86)50(91,92)53(97,98)56(105,106)107/h1-16H,17-22H2. The largest absolute Gasteiger partial charge is 0.460 e. The molecule has 5 aromatic rings. The molecule has 0 amide bonds. The van der Waals surface area contributed by atoms with Crippen molar-refractivity contribution in [2.24, 2.45) is 0 Å². The van der Waals surface area contributed by atoms with E-state index in [1.54, 1.807) is 0 Å². The Hall–Kier alpha value is -7.15. The van der Waals surface area contributed by atoms with Crippen LogP contribution in [0.4, 0.5) is 241 Å². The first kappa shape index (κ1) is 91.5. The Morgan fingerprint density at radius 2 is 0.380 bits per heavy atom. The maximum absolute atomic E-state index is 15.3. The van der Waals surface area contributed by atoms with E-state index in [-0.39, 0.29) is 12.1 Å². The third kappa shape index (κ3) is 13.0. The maximum Gasteiger partial charge on any atom is 0.460 e. The summed E-state index contributed by atoms with van der Waals surface area (Å²) in [5.41, 5.74) is -5.80. The molecule has 0 aromatic heterocycles. The molecule has 1 nitrogen and oxygen atoms in total. The molecule has 0 aliphatic heterocycles. The average molecular weight is 1680 g/mol. The molecule has 108 heavy (non-hydrogen) atoms. The van der Waals surface area contributed by atoms with Gasteiger partial charge in [0.1, 0.15) is 0 Å². The zero-order valence-electron chi connectivity index (χ0n) is 50.2. The molecule has 0 saturated heterocycles. The van der Waals surface area contributed by atoms with Crippen molar-refractivity contribution in [3.63, 3.8) is 0 Å². The highest BCUT2D eigenvalue weighted by Gasteiger charge is 2.98. The average Bonchev–Trinajstić information content (AvgIpc) is 0.703. The number of rotatable bonds is 30. The fourth-order valence-corrected chi connectivity index (χ4v) is 9.68. The first-order chi connectivity index (χ1) is 47.4. The van der Waals surface area contributed by atoms with Gasteiger partial charge in [-0.3, -0.25) is 0 Å². The predicted molar refractivity (Wildman–Crippen MR) is 263 cm³/mol. The summed E-state index contributed by atoms with van der Waals surface area (Å²) < 4.78 is 718. The van der Waals surface area contributed by atoms with Crippen molar-refractivity contribution >= 4 is 38.6 Å². The summed E-state index contributed by atoms with van der Waals surface area (Å²) in [6, 6.07) is 8.32. The third-order valence-corrected chi connectivity index (χ3v) is 16.2. The molecule has 0 aliphatic carbocycles. The zero-order valence-corrected chi connectivity index (χ0v) is 50.2. The monoisotopic (exact) mass is 1680 g/mol. The summed E-state index contributed by atoms with van der Waals surface area (Å²) in [6.07, 6.45) is -40.3. The second-order valence-corrected chi connectivity index (χ2v) is 23.0. The van der Waals surface area contributed by atoms with Crippen molar-refractivity contribution in [2.75, 3.05) is 4.90 Å². The number of fused-ring (bicyclic) bond motifs is 2. The van der Waals surface area contributed by atoms with Crippen LogP contribution in [0.3, 0.4) is 0 Å². The van der Waals surface area contributed by atoms with E-state index in [9.17, 15) is 180 Å². The minimum absolute atomic E-state index is 0.255. The lowest BCUT2D eigenvalue weighted by atomic mass is 9.87. The molecule has 0 aliphatic rings. The summed E-state index contributed by atoms with van der Waals surface area (Å²) >= 11 is 0. The molecule has 5 rings (SSSR count). The lowest BCUT2D eigenvalue weighted by molar-refractivity contribution is -0.461. The van der Waals surface area contributed by atoms with Crippen molar-refractivity contribution in [1.82, 2.24) is 0 Å². The van der Waals surface area contributed by atoms with Crippen molar-refractivity contribution in [3.8, 4) is 0 Å². The van der Waals surface area contributed by atoms with Gasteiger partial charge >= 0.3 is 143 Å². The highest BCUT2D eigenvalue weighted by Crippen LogP contribution is 2.69. The lowest BCUT2D eigenvalue weighted by Crippen LogP contribution is -2.74. The van der Waals surface area contributed by atoms with Crippen LogP contribution in [0.5, 0.6) is 0 Å². The number of aryl methyl sites for hydroxylation is 3. The fraction of sp³-hybridized carbons (Fsp3) is 0.536. The van der Waals surface area contributed by atoms with E-state index in [1.165, 1.54) is 0 Å². The van der Waals surface area contributed by atoms with Crippen molar-refractivity contribution in [1.29, 1.82) is 0 Å². The second-order valence-electron chi connectivity index (χ2n) is 23.0. The van der Waals surface area contributed by atoms with Gasteiger partial charge in [-0.15, -0.1) is 0 Å². The van der Waals surface area contributed by atoms with Crippen molar-refractivity contribution in [2.45, 2.75) is 181 Å². The molecule has 5 aromatic carbocycles. The summed E-state index contributed by atoms with van der Waals surface area (Å²) in [7, 11) is 0. The smallest absolute Gasteiger partial charge is 0.309 e. The minimum atomic E-state index is -9.09. The van der Waals surface area contributed by atoms with Crippen LogP contribution >= 0.6 is 0 Å². The summed E-state index contributed by atoms with van der Waals surface area (Å²) in [6.45, 7) is 0. The maximum atomic E-state index is 15.3. The number of hydrogen-bond acceptors (Lipinski definition) is 1. The predicted octanol–water partition coefficient (Wildman–Crippen LogP) is 25.3.